The van der Waals surface area contributed by atoms with Gasteiger partial charge in [0.2, 0.25) is 0 Å². The number of aromatic nitrogens is 2. The van der Waals surface area contributed by atoms with Crippen molar-refractivity contribution in [1.29, 1.82) is 0 Å². The number of nitrogens with zero attached hydrogens (tertiary/aromatic N) is 2. The van der Waals surface area contributed by atoms with Crippen molar-refractivity contribution in [3.63, 3.8) is 0 Å². The summed E-state index contributed by atoms with van der Waals surface area (Å²) in [5.41, 5.74) is 3.60. The Kier molecular flexibility index (Phi) is 5.09. The van der Waals surface area contributed by atoms with Gasteiger partial charge in [-0.05, 0) is 37.8 Å². The van der Waals surface area contributed by atoms with E-state index in [0.29, 0.717) is 11.9 Å². The van der Waals surface area contributed by atoms with Crippen LogP contribution in [0.25, 0.3) is 11.0 Å². The summed E-state index contributed by atoms with van der Waals surface area (Å²) >= 11 is 6.10. The summed E-state index contributed by atoms with van der Waals surface area (Å²) in [4.78, 5) is 4.69. The molecule has 1 atom stereocenters. The fourth-order valence-corrected chi connectivity index (χ4v) is 3.08. The topological polar surface area (TPSA) is 17.8 Å². The molecule has 0 fully saturated rings. The number of aryl methyl sites for hydroxylation is 1. The van der Waals surface area contributed by atoms with Crippen LogP contribution in [0.5, 0.6) is 0 Å². The average Bonchev–Trinajstić information content (AvgIpc) is 2.78. The van der Waals surface area contributed by atoms with E-state index in [0.717, 1.165) is 17.3 Å². The molecule has 0 saturated carbocycles. The van der Waals surface area contributed by atoms with Gasteiger partial charge in [-0.1, -0.05) is 38.8 Å². The van der Waals surface area contributed by atoms with Crippen molar-refractivity contribution in [3.8, 4) is 0 Å². The highest BCUT2D eigenvalue weighted by molar-refractivity contribution is 6.16. The van der Waals surface area contributed by atoms with Gasteiger partial charge in [-0.25, -0.2) is 4.98 Å². The monoisotopic (exact) mass is 292 g/mol. The molecule has 2 nitrogen and oxygen atoms in total. The maximum atomic E-state index is 6.10. The summed E-state index contributed by atoms with van der Waals surface area (Å²) < 4.78 is 2.35. The zero-order chi connectivity index (χ0) is 14.7. The number of hydrogen-bond donors (Lipinski definition) is 0. The molecule has 0 spiro atoms. The van der Waals surface area contributed by atoms with E-state index < -0.39 is 0 Å². The number of imidazole rings is 1. The van der Waals surface area contributed by atoms with E-state index in [1.807, 2.05) is 0 Å². The van der Waals surface area contributed by atoms with Crippen LogP contribution in [0.15, 0.2) is 18.2 Å². The van der Waals surface area contributed by atoms with E-state index in [9.17, 15) is 0 Å². The molecule has 1 unspecified atom stereocenters. The zero-order valence-electron chi connectivity index (χ0n) is 13.0. The third-order valence-corrected chi connectivity index (χ3v) is 4.19. The third kappa shape index (κ3) is 3.17. The molecule has 1 aromatic carbocycles. The largest absolute Gasteiger partial charge is 0.324 e. The van der Waals surface area contributed by atoms with E-state index in [-0.39, 0.29) is 0 Å². The van der Waals surface area contributed by atoms with Crippen LogP contribution in [0.3, 0.4) is 0 Å². The summed E-state index contributed by atoms with van der Waals surface area (Å²) in [6.45, 7) is 9.00. The summed E-state index contributed by atoms with van der Waals surface area (Å²) in [7, 11) is 0. The summed E-state index contributed by atoms with van der Waals surface area (Å²) in [5, 5.41) is 0. The molecule has 0 bridgehead atoms. The molecule has 0 aliphatic heterocycles. The van der Waals surface area contributed by atoms with Crippen molar-refractivity contribution in [2.45, 2.75) is 58.9 Å². The third-order valence-electron chi connectivity index (χ3n) is 3.95. The molecule has 2 aromatic rings. The minimum atomic E-state index is 0.452. The highest BCUT2D eigenvalue weighted by Crippen LogP contribution is 2.28. The van der Waals surface area contributed by atoms with Gasteiger partial charge in [0.25, 0.3) is 0 Å². The van der Waals surface area contributed by atoms with Crippen LogP contribution >= 0.6 is 11.6 Å². The van der Waals surface area contributed by atoms with Crippen molar-refractivity contribution >= 4 is 22.6 Å². The van der Waals surface area contributed by atoms with Gasteiger partial charge in [0, 0.05) is 6.04 Å². The zero-order valence-corrected chi connectivity index (χ0v) is 13.7. The summed E-state index contributed by atoms with van der Waals surface area (Å²) in [6.07, 6.45) is 3.72. The molecule has 0 saturated heterocycles. The van der Waals surface area contributed by atoms with Crippen molar-refractivity contribution in [2.75, 3.05) is 0 Å². The Bertz CT molecular complexity index is 572. The number of fused-ring (bicyclic) bond motifs is 1. The lowest BCUT2D eigenvalue weighted by Crippen LogP contribution is -2.09. The Morgan fingerprint density at radius 3 is 2.60 bits per heavy atom. The van der Waals surface area contributed by atoms with Crippen LogP contribution < -0.4 is 0 Å². The smallest absolute Gasteiger partial charge is 0.125 e. The second-order valence-electron chi connectivity index (χ2n) is 6.15. The SMILES string of the molecule is Cc1cccc2nc(CCl)n(C(C)CCCC(C)C)c12. The quantitative estimate of drug-likeness (QED) is 0.645. The van der Waals surface area contributed by atoms with Gasteiger partial charge < -0.3 is 4.57 Å². The first-order valence-electron chi connectivity index (χ1n) is 7.57. The minimum absolute atomic E-state index is 0.452. The number of alkyl halides is 1. The van der Waals surface area contributed by atoms with Gasteiger partial charge in [-0.2, -0.15) is 0 Å². The molecule has 2 rings (SSSR count). The predicted molar refractivity (Wildman–Crippen MR) is 87.4 cm³/mol. The lowest BCUT2D eigenvalue weighted by atomic mass is 10.0. The molecule has 0 aliphatic carbocycles. The number of para-hydroxylation sites is 1. The van der Waals surface area contributed by atoms with E-state index in [4.69, 9.17) is 11.6 Å². The van der Waals surface area contributed by atoms with Crippen LogP contribution in [0.1, 0.15) is 57.5 Å². The molecule has 0 aliphatic rings. The summed E-state index contributed by atoms with van der Waals surface area (Å²) in [6, 6.07) is 6.75. The normalized spacial score (nSPS) is 13.3. The van der Waals surface area contributed by atoms with Gasteiger partial charge in [0.1, 0.15) is 5.82 Å². The first kappa shape index (κ1) is 15.4. The maximum Gasteiger partial charge on any atom is 0.125 e. The second-order valence-corrected chi connectivity index (χ2v) is 6.42. The van der Waals surface area contributed by atoms with Gasteiger partial charge in [-0.15, -0.1) is 11.6 Å². The maximum absolute atomic E-state index is 6.10. The number of halogens is 1. The van der Waals surface area contributed by atoms with Crippen LogP contribution in [0.4, 0.5) is 0 Å². The molecule has 20 heavy (non-hydrogen) atoms. The van der Waals surface area contributed by atoms with E-state index in [1.54, 1.807) is 0 Å². The Balaban J connectivity index is 2.31. The fraction of sp³-hybridized carbons (Fsp3) is 0.588. The molecular formula is C17H25ClN2. The molecule has 3 heteroatoms. The van der Waals surface area contributed by atoms with Crippen molar-refractivity contribution in [1.82, 2.24) is 9.55 Å². The van der Waals surface area contributed by atoms with Crippen molar-refractivity contribution in [2.24, 2.45) is 5.92 Å². The van der Waals surface area contributed by atoms with Crippen LogP contribution in [0, 0.1) is 12.8 Å². The van der Waals surface area contributed by atoms with Crippen LogP contribution in [0.2, 0.25) is 0 Å². The van der Waals surface area contributed by atoms with Gasteiger partial charge in [0.05, 0.1) is 16.9 Å². The van der Waals surface area contributed by atoms with E-state index in [2.05, 4.69) is 55.4 Å². The molecule has 0 N–H and O–H groups in total. The Morgan fingerprint density at radius 1 is 1.20 bits per heavy atom. The molecule has 0 radical (unpaired) electrons. The van der Waals surface area contributed by atoms with Crippen LogP contribution in [-0.4, -0.2) is 9.55 Å². The number of benzene rings is 1. The number of rotatable bonds is 6. The highest BCUT2D eigenvalue weighted by atomic mass is 35.5. The van der Waals surface area contributed by atoms with Gasteiger partial charge in [0.15, 0.2) is 0 Å². The standard InChI is InChI=1S/C17H25ClN2/c1-12(2)7-5-9-14(4)20-16(11-18)19-15-10-6-8-13(3)17(15)20/h6,8,10,12,14H,5,7,9,11H2,1-4H3. The minimum Gasteiger partial charge on any atom is -0.324 e. The molecule has 1 aromatic heterocycles. The Hall–Kier alpha value is -1.02. The number of hydrogen-bond acceptors (Lipinski definition) is 1. The lowest BCUT2D eigenvalue weighted by molar-refractivity contribution is 0.447. The van der Waals surface area contributed by atoms with Gasteiger partial charge >= 0.3 is 0 Å². The highest BCUT2D eigenvalue weighted by Gasteiger charge is 2.16. The van der Waals surface area contributed by atoms with Gasteiger partial charge in [-0.3, -0.25) is 0 Å². The first-order chi connectivity index (χ1) is 9.54. The second kappa shape index (κ2) is 6.62. The Morgan fingerprint density at radius 2 is 1.95 bits per heavy atom. The molecular weight excluding hydrogens is 268 g/mol. The predicted octanol–water partition coefficient (Wildman–Crippen LogP) is 5.47. The summed E-state index contributed by atoms with van der Waals surface area (Å²) in [5.74, 6) is 2.24. The van der Waals surface area contributed by atoms with E-state index in [1.165, 1.54) is 30.3 Å². The fourth-order valence-electron chi connectivity index (χ4n) is 2.89. The van der Waals surface area contributed by atoms with Crippen molar-refractivity contribution in [3.05, 3.63) is 29.6 Å². The molecule has 110 valence electrons. The van der Waals surface area contributed by atoms with Crippen molar-refractivity contribution < 1.29 is 0 Å². The van der Waals surface area contributed by atoms with E-state index >= 15 is 0 Å². The van der Waals surface area contributed by atoms with Crippen LogP contribution in [-0.2, 0) is 5.88 Å². The first-order valence-corrected chi connectivity index (χ1v) is 8.10. The Labute approximate surface area is 127 Å². The molecule has 1 heterocycles. The average molecular weight is 293 g/mol. The lowest BCUT2D eigenvalue weighted by Gasteiger charge is -2.18. The molecule has 0 amide bonds.